The lowest BCUT2D eigenvalue weighted by molar-refractivity contribution is 0.221. The van der Waals surface area contributed by atoms with Gasteiger partial charge in [0.25, 0.3) is 0 Å². The molecule has 0 aliphatic heterocycles. The maximum Gasteiger partial charge on any atom is 0.0345 e. The van der Waals surface area contributed by atoms with E-state index < -0.39 is 0 Å². The van der Waals surface area contributed by atoms with Gasteiger partial charge < -0.3 is 15.5 Å². The molecular weight excluding hydrogens is 222 g/mol. The Hall–Kier alpha value is -0.380. The number of nitrogens with zero attached hydrogens (tertiary/aromatic N) is 1. The van der Waals surface area contributed by atoms with E-state index >= 15 is 0 Å². The van der Waals surface area contributed by atoms with Gasteiger partial charge in [-0.15, -0.1) is 0 Å². The minimum Gasteiger partial charge on any atom is -0.320 e. The molecule has 0 heterocycles. The molecular formula is C15H33N3. The van der Waals surface area contributed by atoms with Gasteiger partial charge in [0.15, 0.2) is 0 Å². The predicted molar refractivity (Wildman–Crippen MR) is 82.1 cm³/mol. The van der Waals surface area contributed by atoms with Crippen LogP contribution in [-0.4, -0.2) is 50.7 Å². The van der Waals surface area contributed by atoms with E-state index in [4.69, 9.17) is 0 Å². The molecule has 0 aromatic rings. The van der Waals surface area contributed by atoms with Crippen LogP contribution in [0.5, 0.6) is 0 Å². The van der Waals surface area contributed by atoms with E-state index in [1.54, 1.807) is 0 Å². The van der Waals surface area contributed by atoms with E-state index in [1.807, 2.05) is 14.1 Å². The molecule has 108 valence electrons. The van der Waals surface area contributed by atoms with Gasteiger partial charge in [0.1, 0.15) is 0 Å². The molecule has 18 heavy (non-hydrogen) atoms. The molecule has 2 atom stereocenters. The molecule has 2 N–H and O–H groups in total. The third-order valence-corrected chi connectivity index (χ3v) is 3.89. The smallest absolute Gasteiger partial charge is 0.0345 e. The minimum absolute atomic E-state index is 0.119. The fourth-order valence-corrected chi connectivity index (χ4v) is 2.08. The third-order valence-electron chi connectivity index (χ3n) is 3.89. The van der Waals surface area contributed by atoms with Gasteiger partial charge >= 0.3 is 0 Å². The lowest BCUT2D eigenvalue weighted by atomic mass is 9.96. The van der Waals surface area contributed by atoms with Gasteiger partial charge in [-0.3, -0.25) is 0 Å². The summed E-state index contributed by atoms with van der Waals surface area (Å²) < 4.78 is 0. The molecule has 0 saturated heterocycles. The number of hydrogen-bond acceptors (Lipinski definition) is 3. The SMILES string of the molecule is CC=CC(C)(CCN(C)C(C)CCCNC)NC. The lowest BCUT2D eigenvalue weighted by Gasteiger charge is -2.31. The number of nitrogens with one attached hydrogen (secondary N) is 2. The summed E-state index contributed by atoms with van der Waals surface area (Å²) in [5.74, 6) is 0. The number of likely N-dealkylation sites (N-methyl/N-ethyl adjacent to an activating group) is 1. The molecule has 3 nitrogen and oxygen atoms in total. The standard InChI is InChI=1S/C15H33N3/c1-7-10-15(3,17-5)11-13-18(6)14(2)9-8-12-16-4/h7,10,14,16-17H,8-9,11-13H2,1-6H3. The van der Waals surface area contributed by atoms with Crippen molar-refractivity contribution in [3.63, 3.8) is 0 Å². The molecule has 0 fully saturated rings. The summed E-state index contributed by atoms with van der Waals surface area (Å²) in [4.78, 5) is 2.47. The van der Waals surface area contributed by atoms with Crippen molar-refractivity contribution in [2.45, 2.75) is 51.6 Å². The van der Waals surface area contributed by atoms with Crippen molar-refractivity contribution in [1.29, 1.82) is 0 Å². The Morgan fingerprint density at radius 1 is 1.33 bits per heavy atom. The van der Waals surface area contributed by atoms with E-state index in [0.717, 1.165) is 19.5 Å². The van der Waals surface area contributed by atoms with E-state index in [0.29, 0.717) is 6.04 Å². The molecule has 0 radical (unpaired) electrons. The van der Waals surface area contributed by atoms with Gasteiger partial charge in [-0.05, 0) is 67.7 Å². The van der Waals surface area contributed by atoms with Crippen LogP contribution in [0.4, 0.5) is 0 Å². The van der Waals surface area contributed by atoms with Crippen LogP contribution in [0.1, 0.15) is 40.0 Å². The third kappa shape index (κ3) is 7.14. The number of allylic oxidation sites excluding steroid dienone is 1. The topological polar surface area (TPSA) is 27.3 Å². The minimum atomic E-state index is 0.119. The Bertz CT molecular complexity index is 228. The fraction of sp³-hybridized carbons (Fsp3) is 0.867. The average molecular weight is 255 g/mol. The quantitative estimate of drug-likeness (QED) is 0.463. The number of rotatable bonds is 10. The Balaban J connectivity index is 4.03. The first-order valence-corrected chi connectivity index (χ1v) is 7.16. The highest BCUT2D eigenvalue weighted by Crippen LogP contribution is 2.13. The Kier molecular flexibility index (Phi) is 9.34. The van der Waals surface area contributed by atoms with Crippen LogP contribution in [0.3, 0.4) is 0 Å². The first-order valence-electron chi connectivity index (χ1n) is 7.16. The second kappa shape index (κ2) is 9.54. The molecule has 0 aromatic heterocycles. The zero-order valence-electron chi connectivity index (χ0n) is 13.2. The van der Waals surface area contributed by atoms with Crippen LogP contribution in [0.15, 0.2) is 12.2 Å². The normalized spacial score (nSPS) is 17.3. The summed E-state index contributed by atoms with van der Waals surface area (Å²) in [6.07, 6.45) is 8.04. The largest absolute Gasteiger partial charge is 0.320 e. The van der Waals surface area contributed by atoms with Gasteiger partial charge in [0, 0.05) is 18.1 Å². The van der Waals surface area contributed by atoms with Crippen LogP contribution in [0.2, 0.25) is 0 Å². The van der Waals surface area contributed by atoms with Gasteiger partial charge in [-0.25, -0.2) is 0 Å². The van der Waals surface area contributed by atoms with Crippen LogP contribution in [0, 0.1) is 0 Å². The van der Waals surface area contributed by atoms with Crippen molar-refractivity contribution in [3.8, 4) is 0 Å². The van der Waals surface area contributed by atoms with Gasteiger partial charge in [-0.2, -0.15) is 0 Å². The summed E-state index contributed by atoms with van der Waals surface area (Å²) >= 11 is 0. The maximum absolute atomic E-state index is 3.40. The van der Waals surface area contributed by atoms with Crippen molar-refractivity contribution >= 4 is 0 Å². The summed E-state index contributed by atoms with van der Waals surface area (Å²) in [5, 5.41) is 6.61. The van der Waals surface area contributed by atoms with Crippen molar-refractivity contribution in [1.82, 2.24) is 15.5 Å². The first-order chi connectivity index (χ1) is 8.49. The highest BCUT2D eigenvalue weighted by Gasteiger charge is 2.19. The van der Waals surface area contributed by atoms with E-state index in [1.165, 1.54) is 12.8 Å². The average Bonchev–Trinajstić information content (AvgIpc) is 2.36. The molecule has 0 bridgehead atoms. The molecule has 3 heteroatoms. The summed E-state index contributed by atoms with van der Waals surface area (Å²) in [6, 6.07) is 0.657. The van der Waals surface area contributed by atoms with E-state index in [2.05, 4.69) is 55.5 Å². The second-order valence-corrected chi connectivity index (χ2v) is 5.49. The highest BCUT2D eigenvalue weighted by molar-refractivity contribution is 5.02. The highest BCUT2D eigenvalue weighted by atomic mass is 15.1. The van der Waals surface area contributed by atoms with Crippen LogP contribution >= 0.6 is 0 Å². The molecule has 0 spiro atoms. The zero-order chi connectivity index (χ0) is 14.0. The van der Waals surface area contributed by atoms with Gasteiger partial charge in [-0.1, -0.05) is 12.2 Å². The van der Waals surface area contributed by atoms with Crippen LogP contribution < -0.4 is 10.6 Å². The molecule has 0 amide bonds. The Labute approximate surface area is 114 Å². The number of hydrogen-bond donors (Lipinski definition) is 2. The fourth-order valence-electron chi connectivity index (χ4n) is 2.08. The summed E-state index contributed by atoms with van der Waals surface area (Å²) in [5.41, 5.74) is 0.119. The van der Waals surface area contributed by atoms with Crippen molar-refractivity contribution in [3.05, 3.63) is 12.2 Å². The van der Waals surface area contributed by atoms with Gasteiger partial charge in [0.05, 0.1) is 0 Å². The zero-order valence-corrected chi connectivity index (χ0v) is 13.2. The van der Waals surface area contributed by atoms with Gasteiger partial charge in [0.2, 0.25) is 0 Å². The van der Waals surface area contributed by atoms with E-state index in [-0.39, 0.29) is 5.54 Å². The van der Waals surface area contributed by atoms with E-state index in [9.17, 15) is 0 Å². The second-order valence-electron chi connectivity index (χ2n) is 5.49. The molecule has 0 aliphatic carbocycles. The van der Waals surface area contributed by atoms with Crippen molar-refractivity contribution in [2.75, 3.05) is 34.2 Å². The Morgan fingerprint density at radius 3 is 2.50 bits per heavy atom. The Morgan fingerprint density at radius 2 is 2.00 bits per heavy atom. The predicted octanol–water partition coefficient (Wildman–Crippen LogP) is 2.25. The van der Waals surface area contributed by atoms with Crippen LogP contribution in [-0.2, 0) is 0 Å². The molecule has 0 rings (SSSR count). The summed E-state index contributed by atoms with van der Waals surface area (Å²) in [6.45, 7) is 8.90. The van der Waals surface area contributed by atoms with Crippen molar-refractivity contribution in [2.24, 2.45) is 0 Å². The molecule has 0 aliphatic rings. The molecule has 2 unspecified atom stereocenters. The summed E-state index contributed by atoms with van der Waals surface area (Å²) in [7, 11) is 6.29. The first kappa shape index (κ1) is 17.6. The molecule has 0 aromatic carbocycles. The maximum atomic E-state index is 3.40. The molecule has 0 saturated carbocycles. The monoisotopic (exact) mass is 255 g/mol. The van der Waals surface area contributed by atoms with Crippen molar-refractivity contribution < 1.29 is 0 Å². The van der Waals surface area contributed by atoms with Crippen LogP contribution in [0.25, 0.3) is 0 Å². The lowest BCUT2D eigenvalue weighted by Crippen LogP contribution is -2.42.